The van der Waals surface area contributed by atoms with Crippen molar-refractivity contribution in [3.05, 3.63) is 10.6 Å². The van der Waals surface area contributed by atoms with Crippen LogP contribution in [0.3, 0.4) is 0 Å². The Morgan fingerprint density at radius 3 is 2.62 bits per heavy atom. The SMILES string of the molecule is CC(C)(C)CC(C)(C)Nc1nc2c(s1)CCCC2C(=O)O. The number of carbonyl (C=O) groups is 1. The number of anilines is 1. The van der Waals surface area contributed by atoms with Gasteiger partial charge in [-0.2, -0.15) is 0 Å². The molecule has 5 heteroatoms. The predicted molar refractivity (Wildman–Crippen MR) is 87.2 cm³/mol. The van der Waals surface area contributed by atoms with Gasteiger partial charge in [0.15, 0.2) is 5.13 Å². The molecule has 0 saturated carbocycles. The van der Waals surface area contributed by atoms with Gasteiger partial charge in [0.1, 0.15) is 5.92 Å². The van der Waals surface area contributed by atoms with Crippen molar-refractivity contribution in [2.24, 2.45) is 5.41 Å². The first-order chi connectivity index (χ1) is 9.57. The van der Waals surface area contributed by atoms with Crippen LogP contribution in [-0.2, 0) is 11.2 Å². The molecule has 0 amide bonds. The van der Waals surface area contributed by atoms with Crippen LogP contribution in [-0.4, -0.2) is 21.6 Å². The normalized spacial score (nSPS) is 19.2. The first-order valence-corrected chi connectivity index (χ1v) is 8.40. The van der Waals surface area contributed by atoms with Crippen LogP contribution in [0.4, 0.5) is 5.13 Å². The van der Waals surface area contributed by atoms with E-state index in [2.05, 4.69) is 44.9 Å². The summed E-state index contributed by atoms with van der Waals surface area (Å²) in [4.78, 5) is 17.1. The van der Waals surface area contributed by atoms with Gasteiger partial charge in [-0.1, -0.05) is 20.8 Å². The van der Waals surface area contributed by atoms with Crippen molar-refractivity contribution in [1.82, 2.24) is 4.98 Å². The van der Waals surface area contributed by atoms with E-state index in [9.17, 15) is 9.90 Å². The van der Waals surface area contributed by atoms with E-state index in [0.717, 1.165) is 35.0 Å². The molecule has 0 spiro atoms. The number of hydrogen-bond donors (Lipinski definition) is 2. The minimum atomic E-state index is -0.748. The molecule has 1 aliphatic rings. The summed E-state index contributed by atoms with van der Waals surface area (Å²) >= 11 is 1.62. The van der Waals surface area contributed by atoms with Crippen molar-refractivity contribution in [3.63, 3.8) is 0 Å². The molecule has 1 heterocycles. The van der Waals surface area contributed by atoms with Crippen LogP contribution in [0.1, 0.15) is 70.4 Å². The number of carboxylic acids is 1. The Hall–Kier alpha value is -1.10. The summed E-state index contributed by atoms with van der Waals surface area (Å²) in [7, 11) is 0. The van der Waals surface area contributed by atoms with Crippen molar-refractivity contribution in [2.75, 3.05) is 5.32 Å². The van der Waals surface area contributed by atoms with Gasteiger partial charge in [0.25, 0.3) is 0 Å². The van der Waals surface area contributed by atoms with E-state index in [1.165, 1.54) is 0 Å². The molecule has 0 fully saturated rings. The minimum Gasteiger partial charge on any atom is -0.481 e. The van der Waals surface area contributed by atoms with Crippen LogP contribution in [0.25, 0.3) is 0 Å². The number of fused-ring (bicyclic) bond motifs is 1. The number of nitrogens with one attached hydrogen (secondary N) is 1. The second kappa shape index (κ2) is 5.59. The van der Waals surface area contributed by atoms with Crippen molar-refractivity contribution in [3.8, 4) is 0 Å². The molecule has 0 radical (unpaired) electrons. The highest BCUT2D eigenvalue weighted by atomic mass is 32.1. The Kier molecular flexibility index (Phi) is 4.34. The fourth-order valence-electron chi connectivity index (χ4n) is 3.37. The van der Waals surface area contributed by atoms with Crippen molar-refractivity contribution >= 4 is 22.4 Å². The van der Waals surface area contributed by atoms with E-state index in [-0.39, 0.29) is 11.0 Å². The molecule has 118 valence electrons. The van der Waals surface area contributed by atoms with Crippen LogP contribution in [0.5, 0.6) is 0 Å². The van der Waals surface area contributed by atoms with E-state index in [1.54, 1.807) is 11.3 Å². The van der Waals surface area contributed by atoms with E-state index >= 15 is 0 Å². The zero-order valence-electron chi connectivity index (χ0n) is 13.6. The summed E-state index contributed by atoms with van der Waals surface area (Å²) in [6.45, 7) is 11.0. The third-order valence-corrected chi connectivity index (χ3v) is 4.72. The minimum absolute atomic E-state index is 0.0581. The first-order valence-electron chi connectivity index (χ1n) is 7.58. The van der Waals surface area contributed by atoms with E-state index < -0.39 is 11.9 Å². The third kappa shape index (κ3) is 4.19. The molecule has 0 bridgehead atoms. The lowest BCUT2D eigenvalue weighted by Gasteiger charge is -2.33. The van der Waals surface area contributed by atoms with Crippen molar-refractivity contribution < 1.29 is 9.90 Å². The second-order valence-electron chi connectivity index (χ2n) is 7.86. The Morgan fingerprint density at radius 2 is 2.05 bits per heavy atom. The number of rotatable bonds is 4. The third-order valence-electron chi connectivity index (χ3n) is 3.67. The Labute approximate surface area is 131 Å². The van der Waals surface area contributed by atoms with Gasteiger partial charge >= 0.3 is 5.97 Å². The Bertz CT molecular complexity index is 529. The molecule has 2 rings (SSSR count). The number of aliphatic carboxylic acids is 1. The van der Waals surface area contributed by atoms with E-state index in [4.69, 9.17) is 0 Å². The lowest BCUT2D eigenvalue weighted by atomic mass is 9.82. The van der Waals surface area contributed by atoms with Gasteiger partial charge < -0.3 is 10.4 Å². The average Bonchev–Trinajstić information content (AvgIpc) is 2.65. The molecule has 1 aromatic rings. The molecule has 0 saturated heterocycles. The highest BCUT2D eigenvalue weighted by Crippen LogP contribution is 2.38. The van der Waals surface area contributed by atoms with Gasteiger partial charge in [0.05, 0.1) is 5.69 Å². The zero-order chi connectivity index (χ0) is 15.8. The average molecular weight is 310 g/mol. The fraction of sp³-hybridized carbons (Fsp3) is 0.750. The highest BCUT2D eigenvalue weighted by Gasteiger charge is 2.32. The largest absolute Gasteiger partial charge is 0.481 e. The van der Waals surface area contributed by atoms with Crippen molar-refractivity contribution in [1.29, 1.82) is 0 Å². The van der Waals surface area contributed by atoms with Crippen LogP contribution < -0.4 is 5.32 Å². The van der Waals surface area contributed by atoms with Crippen LogP contribution in [0, 0.1) is 5.41 Å². The lowest BCUT2D eigenvalue weighted by Crippen LogP contribution is -2.35. The van der Waals surface area contributed by atoms with Gasteiger partial charge in [-0.05, 0) is 44.9 Å². The lowest BCUT2D eigenvalue weighted by molar-refractivity contribution is -0.139. The van der Waals surface area contributed by atoms with Crippen molar-refractivity contribution in [2.45, 2.75) is 71.8 Å². The standard InChI is InChI=1S/C16H26N2O2S/c1-15(2,3)9-16(4,5)18-14-17-12-10(13(19)20)7-6-8-11(12)21-14/h10H,6-9H2,1-5H3,(H,17,18)(H,19,20). The fourth-order valence-corrected chi connectivity index (χ4v) is 4.62. The summed E-state index contributed by atoms with van der Waals surface area (Å²) in [5.41, 5.74) is 0.960. The van der Waals surface area contributed by atoms with Gasteiger partial charge in [0.2, 0.25) is 0 Å². The quantitative estimate of drug-likeness (QED) is 0.871. The summed E-state index contributed by atoms with van der Waals surface area (Å²) in [5.74, 6) is -1.17. The summed E-state index contributed by atoms with van der Waals surface area (Å²) in [6.07, 6.45) is 3.62. The van der Waals surface area contributed by atoms with Gasteiger partial charge in [-0.25, -0.2) is 4.98 Å². The highest BCUT2D eigenvalue weighted by molar-refractivity contribution is 7.15. The molecule has 1 atom stereocenters. The smallest absolute Gasteiger partial charge is 0.312 e. The molecule has 1 aliphatic carbocycles. The van der Waals surface area contributed by atoms with Crippen LogP contribution >= 0.6 is 11.3 Å². The number of hydrogen-bond acceptors (Lipinski definition) is 4. The molecule has 4 nitrogen and oxygen atoms in total. The maximum Gasteiger partial charge on any atom is 0.312 e. The molecular formula is C16H26N2O2S. The molecule has 21 heavy (non-hydrogen) atoms. The molecule has 0 aliphatic heterocycles. The topological polar surface area (TPSA) is 62.2 Å². The maximum atomic E-state index is 11.3. The van der Waals surface area contributed by atoms with Crippen LogP contribution in [0.2, 0.25) is 0 Å². The van der Waals surface area contributed by atoms with E-state index in [0.29, 0.717) is 6.42 Å². The Balaban J connectivity index is 2.18. The van der Waals surface area contributed by atoms with Crippen LogP contribution in [0.15, 0.2) is 0 Å². The first kappa shape index (κ1) is 16.3. The second-order valence-corrected chi connectivity index (χ2v) is 8.94. The summed E-state index contributed by atoms with van der Waals surface area (Å²) < 4.78 is 0. The molecule has 1 unspecified atom stereocenters. The summed E-state index contributed by atoms with van der Waals surface area (Å²) in [5, 5.41) is 13.7. The number of thiazole rings is 1. The Morgan fingerprint density at radius 1 is 1.38 bits per heavy atom. The molecule has 0 aromatic carbocycles. The predicted octanol–water partition coefficient (Wildman–Crippen LogP) is 4.27. The van der Waals surface area contributed by atoms with Gasteiger partial charge in [-0.15, -0.1) is 11.3 Å². The zero-order valence-corrected chi connectivity index (χ0v) is 14.4. The number of carboxylic acid groups (broad SMARTS) is 1. The molecule has 1 aromatic heterocycles. The maximum absolute atomic E-state index is 11.3. The van der Waals surface area contributed by atoms with Gasteiger partial charge in [-0.3, -0.25) is 4.79 Å². The van der Waals surface area contributed by atoms with E-state index in [1.807, 2.05) is 0 Å². The number of aromatic nitrogens is 1. The summed E-state index contributed by atoms with van der Waals surface area (Å²) in [6, 6.07) is 0. The molecular weight excluding hydrogens is 284 g/mol. The van der Waals surface area contributed by atoms with Gasteiger partial charge in [0, 0.05) is 10.4 Å². The number of nitrogens with zero attached hydrogens (tertiary/aromatic N) is 1. The monoisotopic (exact) mass is 310 g/mol. The number of aryl methyl sites for hydroxylation is 1. The molecule has 2 N–H and O–H groups in total.